The molecule has 0 unspecified atom stereocenters. The van der Waals surface area contributed by atoms with E-state index in [1.807, 2.05) is 6.07 Å². The number of nitrogens with two attached hydrogens (primary N) is 1. The van der Waals surface area contributed by atoms with Crippen molar-refractivity contribution >= 4 is 0 Å². The predicted molar refractivity (Wildman–Crippen MR) is 81.7 cm³/mol. The Balaban J connectivity index is 1.76. The third-order valence-electron chi connectivity index (χ3n) is 5.11. The van der Waals surface area contributed by atoms with Gasteiger partial charge in [0.25, 0.3) is 0 Å². The third-order valence-corrected chi connectivity index (χ3v) is 5.11. The molecule has 0 bridgehead atoms. The van der Waals surface area contributed by atoms with E-state index in [1.54, 1.807) is 6.07 Å². The molecule has 1 heterocycles. The van der Waals surface area contributed by atoms with Crippen LogP contribution in [0.15, 0.2) is 18.2 Å². The van der Waals surface area contributed by atoms with Crippen LogP contribution < -0.4 is 5.73 Å². The van der Waals surface area contributed by atoms with E-state index in [2.05, 4.69) is 11.0 Å². The van der Waals surface area contributed by atoms with Crippen LogP contribution in [-0.2, 0) is 16.7 Å². The first kappa shape index (κ1) is 14.9. The van der Waals surface area contributed by atoms with Gasteiger partial charge in [0.05, 0.1) is 13.2 Å². The molecule has 116 valence electrons. The van der Waals surface area contributed by atoms with Crippen molar-refractivity contribution in [1.82, 2.24) is 4.90 Å². The zero-order valence-electron chi connectivity index (χ0n) is 12.6. The van der Waals surface area contributed by atoms with Crippen LogP contribution in [-0.4, -0.2) is 37.7 Å². The molecule has 21 heavy (non-hydrogen) atoms. The maximum atomic E-state index is 14.5. The van der Waals surface area contributed by atoms with Gasteiger partial charge in [0.1, 0.15) is 5.82 Å². The number of rotatable bonds is 4. The Kier molecular flexibility index (Phi) is 4.57. The van der Waals surface area contributed by atoms with Crippen LogP contribution in [0, 0.1) is 5.82 Å². The van der Waals surface area contributed by atoms with E-state index in [4.69, 9.17) is 10.5 Å². The van der Waals surface area contributed by atoms with Gasteiger partial charge >= 0.3 is 0 Å². The van der Waals surface area contributed by atoms with E-state index < -0.39 is 0 Å². The van der Waals surface area contributed by atoms with Crippen molar-refractivity contribution < 1.29 is 9.13 Å². The lowest BCUT2D eigenvalue weighted by atomic mass is 9.78. The number of hydrogen-bond acceptors (Lipinski definition) is 3. The minimum atomic E-state index is -0.0845. The molecule has 2 fully saturated rings. The molecular formula is C17H25FN2O. The van der Waals surface area contributed by atoms with Crippen molar-refractivity contribution in [3.63, 3.8) is 0 Å². The molecule has 0 amide bonds. The Morgan fingerprint density at radius 2 is 1.90 bits per heavy atom. The minimum Gasteiger partial charge on any atom is -0.379 e. The molecule has 1 aromatic rings. The number of nitrogens with zero attached hydrogens (tertiary/aromatic N) is 1. The summed E-state index contributed by atoms with van der Waals surface area (Å²) in [5, 5.41) is 0. The monoisotopic (exact) mass is 292 g/mol. The summed E-state index contributed by atoms with van der Waals surface area (Å²) < 4.78 is 19.8. The summed E-state index contributed by atoms with van der Waals surface area (Å²) in [5.41, 5.74) is 7.88. The van der Waals surface area contributed by atoms with Crippen molar-refractivity contribution in [2.75, 3.05) is 32.8 Å². The van der Waals surface area contributed by atoms with Crippen molar-refractivity contribution in [3.05, 3.63) is 35.1 Å². The van der Waals surface area contributed by atoms with Gasteiger partial charge in [-0.25, -0.2) is 4.39 Å². The SMILES string of the molecule is NCC1(c2ccc(CN3CCOCC3)c(F)c2)CCCC1. The lowest BCUT2D eigenvalue weighted by Gasteiger charge is -2.29. The summed E-state index contributed by atoms with van der Waals surface area (Å²) in [5.74, 6) is -0.0845. The molecule has 2 N–H and O–H groups in total. The largest absolute Gasteiger partial charge is 0.379 e. The Bertz CT molecular complexity index is 480. The van der Waals surface area contributed by atoms with Gasteiger partial charge in [-0.15, -0.1) is 0 Å². The topological polar surface area (TPSA) is 38.5 Å². The van der Waals surface area contributed by atoms with E-state index >= 15 is 0 Å². The number of morpholine rings is 1. The van der Waals surface area contributed by atoms with Crippen LogP contribution in [0.25, 0.3) is 0 Å². The molecule has 3 rings (SSSR count). The maximum absolute atomic E-state index is 14.5. The summed E-state index contributed by atoms with van der Waals surface area (Å²) >= 11 is 0. The highest BCUT2D eigenvalue weighted by Crippen LogP contribution is 2.40. The lowest BCUT2D eigenvalue weighted by Crippen LogP contribution is -2.36. The van der Waals surface area contributed by atoms with E-state index in [-0.39, 0.29) is 11.2 Å². The van der Waals surface area contributed by atoms with Gasteiger partial charge in [0, 0.05) is 37.2 Å². The molecule has 3 nitrogen and oxygen atoms in total. The number of benzene rings is 1. The number of ether oxygens (including phenoxy) is 1. The van der Waals surface area contributed by atoms with Crippen molar-refractivity contribution in [3.8, 4) is 0 Å². The normalized spacial score (nSPS) is 22.6. The first-order valence-corrected chi connectivity index (χ1v) is 8.03. The first-order chi connectivity index (χ1) is 10.2. The van der Waals surface area contributed by atoms with Gasteiger partial charge in [-0.1, -0.05) is 25.0 Å². The average molecular weight is 292 g/mol. The van der Waals surface area contributed by atoms with Gasteiger partial charge in [-0.3, -0.25) is 4.90 Å². The van der Waals surface area contributed by atoms with Crippen molar-refractivity contribution in [2.24, 2.45) is 5.73 Å². The van der Waals surface area contributed by atoms with E-state index in [1.165, 1.54) is 12.8 Å². The number of hydrogen-bond donors (Lipinski definition) is 1. The van der Waals surface area contributed by atoms with Crippen LogP contribution >= 0.6 is 0 Å². The van der Waals surface area contributed by atoms with Crippen molar-refractivity contribution in [2.45, 2.75) is 37.6 Å². The summed E-state index contributed by atoms with van der Waals surface area (Å²) in [4.78, 5) is 2.25. The van der Waals surface area contributed by atoms with Crippen LogP contribution in [0.3, 0.4) is 0 Å². The summed E-state index contributed by atoms with van der Waals surface area (Å²) in [6, 6.07) is 5.78. The molecule has 0 aromatic heterocycles. The highest BCUT2D eigenvalue weighted by molar-refractivity contribution is 5.32. The predicted octanol–water partition coefficient (Wildman–Crippen LogP) is 2.43. The Hall–Kier alpha value is -0.970. The maximum Gasteiger partial charge on any atom is 0.127 e. The second-order valence-electron chi connectivity index (χ2n) is 6.39. The third kappa shape index (κ3) is 3.12. The van der Waals surface area contributed by atoms with Crippen LogP contribution in [0.4, 0.5) is 4.39 Å². The van der Waals surface area contributed by atoms with Gasteiger partial charge in [0.15, 0.2) is 0 Å². The van der Waals surface area contributed by atoms with Crippen molar-refractivity contribution in [1.29, 1.82) is 0 Å². The Labute approximate surface area is 126 Å². The van der Waals surface area contributed by atoms with E-state index in [0.717, 1.165) is 50.3 Å². The zero-order chi connectivity index (χ0) is 14.7. The van der Waals surface area contributed by atoms with E-state index in [9.17, 15) is 4.39 Å². The Morgan fingerprint density at radius 3 is 2.52 bits per heavy atom. The fourth-order valence-corrected chi connectivity index (χ4v) is 3.67. The number of halogens is 1. The summed E-state index contributed by atoms with van der Waals surface area (Å²) in [6.07, 6.45) is 4.58. The highest BCUT2D eigenvalue weighted by Gasteiger charge is 2.34. The van der Waals surface area contributed by atoms with Gasteiger partial charge < -0.3 is 10.5 Å². The molecule has 0 radical (unpaired) electrons. The second kappa shape index (κ2) is 6.42. The fourth-order valence-electron chi connectivity index (χ4n) is 3.67. The summed E-state index contributed by atoms with van der Waals surface area (Å²) in [7, 11) is 0. The molecule has 2 aliphatic rings. The quantitative estimate of drug-likeness (QED) is 0.926. The molecular weight excluding hydrogens is 267 g/mol. The smallest absolute Gasteiger partial charge is 0.127 e. The second-order valence-corrected chi connectivity index (χ2v) is 6.39. The molecule has 1 aliphatic heterocycles. The molecule has 0 spiro atoms. The van der Waals surface area contributed by atoms with Gasteiger partial charge in [0.2, 0.25) is 0 Å². The van der Waals surface area contributed by atoms with Gasteiger partial charge in [-0.05, 0) is 24.5 Å². The lowest BCUT2D eigenvalue weighted by molar-refractivity contribution is 0.0337. The minimum absolute atomic E-state index is 0.0122. The fraction of sp³-hybridized carbons (Fsp3) is 0.647. The Morgan fingerprint density at radius 1 is 1.19 bits per heavy atom. The average Bonchev–Trinajstić information content (AvgIpc) is 3.00. The summed E-state index contributed by atoms with van der Waals surface area (Å²) in [6.45, 7) is 4.55. The molecule has 4 heteroatoms. The molecule has 1 aromatic carbocycles. The molecule has 1 saturated carbocycles. The molecule has 1 saturated heterocycles. The van der Waals surface area contributed by atoms with Gasteiger partial charge in [-0.2, -0.15) is 0 Å². The molecule has 0 atom stereocenters. The molecule has 1 aliphatic carbocycles. The zero-order valence-corrected chi connectivity index (χ0v) is 12.6. The van der Waals surface area contributed by atoms with E-state index in [0.29, 0.717) is 13.1 Å². The standard InChI is InChI=1S/C17H25FN2O/c18-16-11-15(17(13-19)5-1-2-6-17)4-3-14(16)12-20-7-9-21-10-8-20/h3-4,11H,1-2,5-10,12-13,19H2. The van der Waals surface area contributed by atoms with Crippen LogP contribution in [0.2, 0.25) is 0 Å². The first-order valence-electron chi connectivity index (χ1n) is 8.03. The highest BCUT2D eigenvalue weighted by atomic mass is 19.1. The van der Waals surface area contributed by atoms with Crippen LogP contribution in [0.1, 0.15) is 36.8 Å². The van der Waals surface area contributed by atoms with Crippen LogP contribution in [0.5, 0.6) is 0 Å².